The van der Waals surface area contributed by atoms with Crippen LogP contribution in [0.15, 0.2) is 34.9 Å². The van der Waals surface area contributed by atoms with Crippen LogP contribution in [0.2, 0.25) is 0 Å². The fourth-order valence-corrected chi connectivity index (χ4v) is 1.47. The van der Waals surface area contributed by atoms with Crippen molar-refractivity contribution in [3.63, 3.8) is 0 Å². The zero-order valence-corrected chi connectivity index (χ0v) is 6.31. The summed E-state index contributed by atoms with van der Waals surface area (Å²) >= 11 is 0. The van der Waals surface area contributed by atoms with Gasteiger partial charge in [0.05, 0.1) is 12.1 Å². The van der Waals surface area contributed by atoms with Crippen molar-refractivity contribution in [3.05, 3.63) is 30.2 Å². The van der Waals surface area contributed by atoms with Crippen LogP contribution in [0.4, 0.5) is 5.82 Å². The second kappa shape index (κ2) is 1.91. The molecule has 0 unspecified atom stereocenters. The summed E-state index contributed by atoms with van der Waals surface area (Å²) in [5.74, 6) is 0.765. The lowest BCUT2D eigenvalue weighted by Gasteiger charge is -1.97. The summed E-state index contributed by atoms with van der Waals surface area (Å²) < 4.78 is 1.98. The van der Waals surface area contributed by atoms with Crippen molar-refractivity contribution < 1.29 is 0 Å². The maximum Gasteiger partial charge on any atom is 0.182 e. The van der Waals surface area contributed by atoms with Gasteiger partial charge in [0.2, 0.25) is 0 Å². The molecule has 0 radical (unpaired) electrons. The topological polar surface area (TPSA) is 42.0 Å². The third-order valence-corrected chi connectivity index (χ3v) is 2.06. The van der Waals surface area contributed by atoms with Crippen molar-refractivity contribution in [3.8, 4) is 0 Å². The second-order valence-electron chi connectivity index (χ2n) is 2.75. The number of nitrogens with zero attached hydrogens (tertiary/aromatic N) is 4. The summed E-state index contributed by atoms with van der Waals surface area (Å²) in [6, 6.07) is 4.05. The Morgan fingerprint density at radius 1 is 1.42 bits per heavy atom. The minimum atomic E-state index is 0.663. The maximum absolute atomic E-state index is 4.16. The van der Waals surface area contributed by atoms with Gasteiger partial charge in [-0.2, -0.15) is 5.11 Å². The van der Waals surface area contributed by atoms with Crippen molar-refractivity contribution in [1.29, 1.82) is 0 Å². The lowest BCUT2D eigenvalue weighted by molar-refractivity contribution is 1.04. The van der Waals surface area contributed by atoms with E-state index in [9.17, 15) is 0 Å². The van der Waals surface area contributed by atoms with E-state index in [1.165, 1.54) is 0 Å². The Labute approximate surface area is 68.6 Å². The van der Waals surface area contributed by atoms with Crippen LogP contribution in [-0.2, 0) is 6.54 Å². The van der Waals surface area contributed by atoms with Gasteiger partial charge >= 0.3 is 0 Å². The molecule has 12 heavy (non-hydrogen) atoms. The van der Waals surface area contributed by atoms with Gasteiger partial charge in [0, 0.05) is 11.8 Å². The van der Waals surface area contributed by atoms with E-state index in [0.717, 1.165) is 16.9 Å². The number of hydrogen-bond acceptors (Lipinski definition) is 3. The molecule has 0 atom stereocenters. The van der Waals surface area contributed by atoms with Crippen LogP contribution in [0.25, 0.3) is 5.52 Å². The van der Waals surface area contributed by atoms with Gasteiger partial charge in [-0.25, -0.2) is 4.98 Å². The molecule has 2 aromatic heterocycles. The Balaban J connectivity index is 2.49. The number of fused-ring (bicyclic) bond motifs is 3. The van der Waals surface area contributed by atoms with E-state index in [1.54, 1.807) is 6.33 Å². The van der Waals surface area contributed by atoms with E-state index in [4.69, 9.17) is 0 Å². The summed E-state index contributed by atoms with van der Waals surface area (Å²) in [4.78, 5) is 4.16. The van der Waals surface area contributed by atoms with E-state index in [-0.39, 0.29) is 0 Å². The van der Waals surface area contributed by atoms with Gasteiger partial charge in [-0.3, -0.25) is 0 Å². The summed E-state index contributed by atoms with van der Waals surface area (Å²) in [5.41, 5.74) is 2.28. The van der Waals surface area contributed by atoms with Gasteiger partial charge in [0.15, 0.2) is 5.82 Å². The van der Waals surface area contributed by atoms with Crippen LogP contribution < -0.4 is 0 Å². The number of rotatable bonds is 0. The molecule has 0 saturated heterocycles. The molecule has 4 nitrogen and oxygen atoms in total. The zero-order chi connectivity index (χ0) is 7.97. The lowest BCUT2D eigenvalue weighted by atomic mass is 10.2. The molecule has 4 heteroatoms. The lowest BCUT2D eigenvalue weighted by Crippen LogP contribution is -1.89. The Bertz CT molecular complexity index is 469. The largest absolute Gasteiger partial charge is 0.307 e. The predicted molar refractivity (Wildman–Crippen MR) is 43.4 cm³/mol. The first-order valence-corrected chi connectivity index (χ1v) is 3.77. The molecule has 0 amide bonds. The molecule has 0 aromatic carbocycles. The highest BCUT2D eigenvalue weighted by Gasteiger charge is 2.12. The molecule has 1 aliphatic heterocycles. The number of hydrogen-bond donors (Lipinski definition) is 0. The molecule has 0 N–H and O–H groups in total. The molecule has 2 aromatic rings. The molecule has 0 saturated carbocycles. The second-order valence-corrected chi connectivity index (χ2v) is 2.75. The SMILES string of the molecule is c1cc2c3c(ncn2c1)N=NC3. The normalized spacial score (nSPS) is 14.0. The standard InChI is InChI=1S/C8H6N4/c1-2-7-6-4-10-11-8(6)9-5-12(7)3-1/h1-3,5H,4H2. The van der Waals surface area contributed by atoms with E-state index >= 15 is 0 Å². The first-order valence-electron chi connectivity index (χ1n) is 3.77. The molecule has 58 valence electrons. The van der Waals surface area contributed by atoms with E-state index in [2.05, 4.69) is 21.3 Å². The summed E-state index contributed by atoms with van der Waals surface area (Å²) in [7, 11) is 0. The Hall–Kier alpha value is -1.71. The average Bonchev–Trinajstić information content (AvgIpc) is 2.71. The Morgan fingerprint density at radius 2 is 2.42 bits per heavy atom. The minimum Gasteiger partial charge on any atom is -0.307 e. The molecule has 0 spiro atoms. The van der Waals surface area contributed by atoms with E-state index in [0.29, 0.717) is 6.54 Å². The summed E-state index contributed by atoms with van der Waals surface area (Å²) in [6.07, 6.45) is 3.74. The van der Waals surface area contributed by atoms with Crippen LogP contribution in [0.3, 0.4) is 0 Å². The number of aromatic nitrogens is 2. The molecule has 0 bridgehead atoms. The third-order valence-electron chi connectivity index (χ3n) is 2.06. The van der Waals surface area contributed by atoms with Gasteiger partial charge in [-0.15, -0.1) is 5.11 Å². The molecular weight excluding hydrogens is 152 g/mol. The smallest absolute Gasteiger partial charge is 0.182 e. The van der Waals surface area contributed by atoms with E-state index < -0.39 is 0 Å². The fourth-order valence-electron chi connectivity index (χ4n) is 1.47. The van der Waals surface area contributed by atoms with Gasteiger partial charge < -0.3 is 4.40 Å². The molecule has 0 fully saturated rings. The zero-order valence-electron chi connectivity index (χ0n) is 6.31. The number of azo groups is 1. The molecule has 1 aliphatic rings. The fraction of sp³-hybridized carbons (Fsp3) is 0.125. The Kier molecular flexibility index (Phi) is 0.935. The molecular formula is C8H6N4. The van der Waals surface area contributed by atoms with Crippen LogP contribution in [0.1, 0.15) is 5.56 Å². The first kappa shape index (κ1) is 5.88. The van der Waals surface area contributed by atoms with Gasteiger partial charge in [0.25, 0.3) is 0 Å². The van der Waals surface area contributed by atoms with Crippen molar-refractivity contribution >= 4 is 11.3 Å². The third kappa shape index (κ3) is 0.592. The van der Waals surface area contributed by atoms with Crippen LogP contribution in [0, 0.1) is 0 Å². The summed E-state index contributed by atoms with van der Waals surface area (Å²) in [6.45, 7) is 0.663. The highest BCUT2D eigenvalue weighted by atomic mass is 15.2. The quantitative estimate of drug-likeness (QED) is 0.577. The highest BCUT2D eigenvalue weighted by molar-refractivity contribution is 5.63. The van der Waals surface area contributed by atoms with Gasteiger partial charge in [0.1, 0.15) is 6.33 Å². The first-order chi connectivity index (χ1) is 5.95. The van der Waals surface area contributed by atoms with Crippen molar-refractivity contribution in [2.45, 2.75) is 6.54 Å². The van der Waals surface area contributed by atoms with Crippen LogP contribution in [-0.4, -0.2) is 9.38 Å². The molecule has 3 rings (SSSR count). The van der Waals surface area contributed by atoms with Crippen molar-refractivity contribution in [2.75, 3.05) is 0 Å². The van der Waals surface area contributed by atoms with Crippen LogP contribution >= 0.6 is 0 Å². The van der Waals surface area contributed by atoms with Crippen molar-refractivity contribution in [2.24, 2.45) is 10.2 Å². The highest BCUT2D eigenvalue weighted by Crippen LogP contribution is 2.27. The molecule has 3 heterocycles. The summed E-state index contributed by atoms with van der Waals surface area (Å²) in [5, 5.41) is 7.86. The minimum absolute atomic E-state index is 0.663. The predicted octanol–water partition coefficient (Wildman–Crippen LogP) is 1.93. The maximum atomic E-state index is 4.16. The van der Waals surface area contributed by atoms with Gasteiger partial charge in [-0.1, -0.05) is 0 Å². The Morgan fingerprint density at radius 3 is 3.42 bits per heavy atom. The van der Waals surface area contributed by atoms with Crippen LogP contribution in [0.5, 0.6) is 0 Å². The van der Waals surface area contributed by atoms with Crippen molar-refractivity contribution in [1.82, 2.24) is 9.38 Å². The van der Waals surface area contributed by atoms with E-state index in [1.807, 2.05) is 16.7 Å². The molecule has 0 aliphatic carbocycles. The van der Waals surface area contributed by atoms with Gasteiger partial charge in [-0.05, 0) is 12.1 Å². The average molecular weight is 158 g/mol. The monoisotopic (exact) mass is 158 g/mol.